The smallest absolute Gasteiger partial charge is 0.449 e. The van der Waals surface area contributed by atoms with E-state index in [1.165, 1.54) is 6.92 Å². The van der Waals surface area contributed by atoms with Crippen LogP contribution in [0.25, 0.3) is 0 Å². The maximum absolute atomic E-state index is 12.3. The third kappa shape index (κ3) is 5.73. The molecule has 0 spiro atoms. The highest BCUT2D eigenvalue weighted by atomic mass is 19.4. The average Bonchev–Trinajstić information content (AvgIpc) is 2.57. The number of para-hydroxylation sites is 1. The monoisotopic (exact) mass is 381 g/mol. The minimum atomic E-state index is -4.82. The zero-order valence-corrected chi connectivity index (χ0v) is 14.9. The zero-order valence-electron chi connectivity index (χ0n) is 14.9. The molecule has 2 aromatic rings. The van der Waals surface area contributed by atoms with Gasteiger partial charge in [0.05, 0.1) is 5.56 Å². The third-order valence-corrected chi connectivity index (χ3v) is 3.71. The SMILES string of the molecule is Cc1cccc(C)c1NC(=O)[C@H](C)OC(=O)c1ccc(OC(F)(F)F)cc1. The second kappa shape index (κ2) is 8.11. The standard InChI is InChI=1S/C19H18F3NO4/c1-11-5-4-6-12(2)16(11)23-17(24)13(3)26-18(25)14-7-9-15(10-8-14)27-19(20,21)22/h4-10,13H,1-3H3,(H,23,24)/t13-/m0/s1. The molecular formula is C19H18F3NO4. The first kappa shape index (κ1) is 20.3. The number of nitrogens with one attached hydrogen (secondary N) is 1. The minimum Gasteiger partial charge on any atom is -0.449 e. The Morgan fingerprint density at radius 2 is 1.56 bits per heavy atom. The molecule has 1 N–H and O–H groups in total. The van der Waals surface area contributed by atoms with Gasteiger partial charge in [0.1, 0.15) is 5.75 Å². The number of anilines is 1. The predicted octanol–water partition coefficient (Wildman–Crippen LogP) is 4.39. The van der Waals surface area contributed by atoms with E-state index in [4.69, 9.17) is 4.74 Å². The number of rotatable bonds is 5. The van der Waals surface area contributed by atoms with Crippen LogP contribution in [0.15, 0.2) is 42.5 Å². The van der Waals surface area contributed by atoms with Gasteiger partial charge >= 0.3 is 12.3 Å². The number of benzene rings is 2. The lowest BCUT2D eigenvalue weighted by Crippen LogP contribution is -2.30. The second-order valence-corrected chi connectivity index (χ2v) is 5.88. The van der Waals surface area contributed by atoms with E-state index in [-0.39, 0.29) is 5.56 Å². The fourth-order valence-electron chi connectivity index (χ4n) is 2.31. The van der Waals surface area contributed by atoms with E-state index in [0.717, 1.165) is 35.4 Å². The minimum absolute atomic E-state index is 0.00348. The van der Waals surface area contributed by atoms with Crippen molar-refractivity contribution in [1.29, 1.82) is 0 Å². The Bertz CT molecular complexity index is 812. The van der Waals surface area contributed by atoms with Crippen LogP contribution in [0.1, 0.15) is 28.4 Å². The number of ether oxygens (including phenoxy) is 2. The van der Waals surface area contributed by atoms with Gasteiger partial charge in [-0.05, 0) is 56.2 Å². The van der Waals surface area contributed by atoms with Gasteiger partial charge in [0.2, 0.25) is 0 Å². The molecule has 0 saturated heterocycles. The zero-order chi connectivity index (χ0) is 20.2. The number of halogens is 3. The molecule has 0 aliphatic carbocycles. The van der Waals surface area contributed by atoms with E-state index in [0.29, 0.717) is 5.69 Å². The Morgan fingerprint density at radius 3 is 2.07 bits per heavy atom. The van der Waals surface area contributed by atoms with Gasteiger partial charge < -0.3 is 14.8 Å². The molecule has 0 aliphatic rings. The summed E-state index contributed by atoms with van der Waals surface area (Å²) in [6.45, 7) is 5.08. The first-order valence-electron chi connectivity index (χ1n) is 8.00. The molecule has 0 fully saturated rings. The topological polar surface area (TPSA) is 64.6 Å². The van der Waals surface area contributed by atoms with Crippen molar-refractivity contribution in [2.75, 3.05) is 5.32 Å². The third-order valence-electron chi connectivity index (χ3n) is 3.71. The Balaban J connectivity index is 1.99. The molecule has 1 amide bonds. The number of esters is 1. The second-order valence-electron chi connectivity index (χ2n) is 5.88. The van der Waals surface area contributed by atoms with E-state index in [9.17, 15) is 22.8 Å². The molecule has 0 aromatic heterocycles. The van der Waals surface area contributed by atoms with Crippen LogP contribution < -0.4 is 10.1 Å². The summed E-state index contributed by atoms with van der Waals surface area (Å²) in [6, 6.07) is 9.76. The van der Waals surface area contributed by atoms with Crippen LogP contribution in [0.3, 0.4) is 0 Å². The number of hydrogen-bond acceptors (Lipinski definition) is 4. The lowest BCUT2D eigenvalue weighted by Gasteiger charge is -2.16. The Morgan fingerprint density at radius 1 is 1.00 bits per heavy atom. The van der Waals surface area contributed by atoms with Gasteiger partial charge in [-0.2, -0.15) is 0 Å². The Hall–Kier alpha value is -3.03. The number of hydrogen-bond donors (Lipinski definition) is 1. The van der Waals surface area contributed by atoms with Crippen LogP contribution in [-0.2, 0) is 9.53 Å². The number of carbonyl (C=O) groups excluding carboxylic acids is 2. The van der Waals surface area contributed by atoms with Crippen molar-refractivity contribution < 1.29 is 32.2 Å². The van der Waals surface area contributed by atoms with Gasteiger partial charge in [0.15, 0.2) is 6.10 Å². The molecule has 27 heavy (non-hydrogen) atoms. The highest BCUT2D eigenvalue weighted by molar-refractivity contribution is 5.98. The summed E-state index contributed by atoms with van der Waals surface area (Å²) in [5.41, 5.74) is 2.36. The van der Waals surface area contributed by atoms with Crippen LogP contribution in [0.4, 0.5) is 18.9 Å². The average molecular weight is 381 g/mol. The van der Waals surface area contributed by atoms with Crippen molar-refractivity contribution in [2.45, 2.75) is 33.2 Å². The number of alkyl halides is 3. The summed E-state index contributed by atoms with van der Waals surface area (Å²) in [4.78, 5) is 24.3. The van der Waals surface area contributed by atoms with Crippen LogP contribution in [-0.4, -0.2) is 24.3 Å². The van der Waals surface area contributed by atoms with Crippen LogP contribution in [0.5, 0.6) is 5.75 Å². The highest BCUT2D eigenvalue weighted by Crippen LogP contribution is 2.23. The predicted molar refractivity (Wildman–Crippen MR) is 92.5 cm³/mol. The molecule has 0 radical (unpaired) electrons. The summed E-state index contributed by atoms with van der Waals surface area (Å²) >= 11 is 0. The fourth-order valence-corrected chi connectivity index (χ4v) is 2.31. The molecule has 2 aromatic carbocycles. The quantitative estimate of drug-likeness (QED) is 0.781. The van der Waals surface area contributed by atoms with Gasteiger partial charge in [-0.25, -0.2) is 4.79 Å². The van der Waals surface area contributed by atoms with Crippen molar-refractivity contribution in [2.24, 2.45) is 0 Å². The summed E-state index contributed by atoms with van der Waals surface area (Å²) in [7, 11) is 0. The molecule has 0 heterocycles. The highest BCUT2D eigenvalue weighted by Gasteiger charge is 2.31. The van der Waals surface area contributed by atoms with E-state index < -0.39 is 30.1 Å². The van der Waals surface area contributed by atoms with Crippen LogP contribution in [0.2, 0.25) is 0 Å². The van der Waals surface area contributed by atoms with Gasteiger partial charge in [0, 0.05) is 5.69 Å². The van der Waals surface area contributed by atoms with Crippen molar-refractivity contribution in [3.05, 3.63) is 59.2 Å². The maximum Gasteiger partial charge on any atom is 0.573 e. The van der Waals surface area contributed by atoms with Gasteiger partial charge in [-0.3, -0.25) is 4.79 Å². The molecule has 2 rings (SSSR count). The molecule has 144 valence electrons. The first-order chi connectivity index (χ1) is 12.6. The van der Waals surface area contributed by atoms with Crippen molar-refractivity contribution >= 4 is 17.6 Å². The first-order valence-corrected chi connectivity index (χ1v) is 8.00. The van der Waals surface area contributed by atoms with Gasteiger partial charge in [-0.15, -0.1) is 13.2 Å². The van der Waals surface area contributed by atoms with Crippen molar-refractivity contribution in [1.82, 2.24) is 0 Å². The fraction of sp³-hybridized carbons (Fsp3) is 0.263. The molecule has 0 unspecified atom stereocenters. The molecule has 0 bridgehead atoms. The summed E-state index contributed by atoms with van der Waals surface area (Å²) in [5, 5.41) is 2.71. The van der Waals surface area contributed by atoms with E-state index >= 15 is 0 Å². The molecule has 8 heteroatoms. The van der Waals surface area contributed by atoms with E-state index in [1.54, 1.807) is 0 Å². The number of aryl methyl sites for hydroxylation is 2. The Kier molecular flexibility index (Phi) is 6.09. The summed E-state index contributed by atoms with van der Waals surface area (Å²) < 4.78 is 45.2. The van der Waals surface area contributed by atoms with Crippen LogP contribution in [0, 0.1) is 13.8 Å². The molecule has 0 saturated carbocycles. The van der Waals surface area contributed by atoms with Gasteiger partial charge in [-0.1, -0.05) is 18.2 Å². The number of amides is 1. The van der Waals surface area contributed by atoms with Crippen LogP contribution >= 0.6 is 0 Å². The largest absolute Gasteiger partial charge is 0.573 e. The number of carbonyl (C=O) groups is 2. The van der Waals surface area contributed by atoms with E-state index in [1.807, 2.05) is 32.0 Å². The van der Waals surface area contributed by atoms with E-state index in [2.05, 4.69) is 10.1 Å². The normalized spacial score (nSPS) is 12.2. The molecular weight excluding hydrogens is 363 g/mol. The van der Waals surface area contributed by atoms with Gasteiger partial charge in [0.25, 0.3) is 5.91 Å². The molecule has 5 nitrogen and oxygen atoms in total. The lowest BCUT2D eigenvalue weighted by atomic mass is 10.1. The van der Waals surface area contributed by atoms with Crippen molar-refractivity contribution in [3.63, 3.8) is 0 Å². The molecule has 1 atom stereocenters. The maximum atomic E-state index is 12.3. The molecule has 0 aliphatic heterocycles. The lowest BCUT2D eigenvalue weighted by molar-refractivity contribution is -0.274. The summed E-state index contributed by atoms with van der Waals surface area (Å²) in [5.74, 6) is -1.81. The Labute approximate surface area is 154 Å². The summed E-state index contributed by atoms with van der Waals surface area (Å²) in [6.07, 6.45) is -5.91. The van der Waals surface area contributed by atoms with Crippen molar-refractivity contribution in [3.8, 4) is 5.75 Å².